The van der Waals surface area contributed by atoms with Crippen molar-refractivity contribution in [2.24, 2.45) is 5.92 Å². The summed E-state index contributed by atoms with van der Waals surface area (Å²) in [5.74, 6) is 1.23. The molecule has 4 nitrogen and oxygen atoms in total. The van der Waals surface area contributed by atoms with Crippen LogP contribution in [0.4, 0.5) is 0 Å². The highest BCUT2D eigenvalue weighted by Crippen LogP contribution is 2.34. The number of aliphatic hydroxyl groups excluding tert-OH is 1. The molecule has 0 bridgehead atoms. The van der Waals surface area contributed by atoms with E-state index in [4.69, 9.17) is 0 Å². The zero-order chi connectivity index (χ0) is 14.7. The van der Waals surface area contributed by atoms with Gasteiger partial charge in [0.05, 0.1) is 6.10 Å². The van der Waals surface area contributed by atoms with Gasteiger partial charge in [0.15, 0.2) is 0 Å². The Morgan fingerprint density at radius 1 is 1.33 bits per heavy atom. The van der Waals surface area contributed by atoms with Crippen molar-refractivity contribution < 1.29 is 5.11 Å². The maximum absolute atomic E-state index is 10.8. The Bertz CT molecular complexity index is 593. The van der Waals surface area contributed by atoms with Crippen molar-refractivity contribution in [2.45, 2.75) is 51.7 Å². The maximum atomic E-state index is 10.8. The van der Waals surface area contributed by atoms with Gasteiger partial charge in [-0.2, -0.15) is 5.10 Å². The summed E-state index contributed by atoms with van der Waals surface area (Å²) in [7, 11) is 0. The zero-order valence-corrected chi connectivity index (χ0v) is 12.6. The molecule has 2 atom stereocenters. The molecule has 0 fully saturated rings. The number of fused-ring (bicyclic) bond motifs is 1. The van der Waals surface area contributed by atoms with Crippen LogP contribution >= 0.6 is 0 Å². The molecule has 2 aromatic rings. The molecule has 1 aliphatic carbocycles. The van der Waals surface area contributed by atoms with Crippen molar-refractivity contribution in [3.8, 4) is 0 Å². The standard InChI is InChI=1S/C17H23N3O/c1-2-10-20-16(18-12-19-20)11-14-8-5-7-13-6-3-4-9-15(13)17(14)21/h3-4,6,9,12,14,17,21H,2,5,7-8,10-11H2,1H3. The Morgan fingerprint density at radius 2 is 2.19 bits per heavy atom. The third kappa shape index (κ3) is 3.00. The summed E-state index contributed by atoms with van der Waals surface area (Å²) in [4.78, 5) is 4.39. The Kier molecular flexibility index (Phi) is 4.34. The lowest BCUT2D eigenvalue weighted by atomic mass is 9.90. The highest BCUT2D eigenvalue weighted by Gasteiger charge is 2.27. The van der Waals surface area contributed by atoms with Gasteiger partial charge in [-0.1, -0.05) is 31.2 Å². The van der Waals surface area contributed by atoms with E-state index in [1.807, 2.05) is 10.7 Å². The average Bonchev–Trinajstić information content (AvgIpc) is 2.87. The predicted octanol–water partition coefficient (Wildman–Crippen LogP) is 2.92. The van der Waals surface area contributed by atoms with E-state index in [1.54, 1.807) is 6.33 Å². The maximum Gasteiger partial charge on any atom is 0.138 e. The topological polar surface area (TPSA) is 50.9 Å². The van der Waals surface area contributed by atoms with Crippen LogP contribution < -0.4 is 0 Å². The van der Waals surface area contributed by atoms with Gasteiger partial charge in [0.2, 0.25) is 0 Å². The third-order valence-corrected chi connectivity index (χ3v) is 4.42. The van der Waals surface area contributed by atoms with E-state index in [1.165, 1.54) is 5.56 Å². The molecule has 0 spiro atoms. The Hall–Kier alpha value is -1.68. The summed E-state index contributed by atoms with van der Waals surface area (Å²) in [5.41, 5.74) is 2.39. The van der Waals surface area contributed by atoms with Crippen molar-refractivity contribution in [3.63, 3.8) is 0 Å². The van der Waals surface area contributed by atoms with Crippen molar-refractivity contribution in [2.75, 3.05) is 0 Å². The molecule has 1 aliphatic rings. The molecule has 0 radical (unpaired) electrons. The second-order valence-corrected chi connectivity index (χ2v) is 5.90. The number of benzene rings is 1. The molecule has 1 heterocycles. The largest absolute Gasteiger partial charge is 0.388 e. The summed E-state index contributed by atoms with van der Waals surface area (Å²) >= 11 is 0. The van der Waals surface area contributed by atoms with E-state index < -0.39 is 6.10 Å². The molecule has 1 N–H and O–H groups in total. The van der Waals surface area contributed by atoms with Crippen LogP contribution in [0.2, 0.25) is 0 Å². The molecule has 0 saturated carbocycles. The highest BCUT2D eigenvalue weighted by atomic mass is 16.3. The third-order valence-electron chi connectivity index (χ3n) is 4.42. The molecule has 2 unspecified atom stereocenters. The zero-order valence-electron chi connectivity index (χ0n) is 12.6. The van der Waals surface area contributed by atoms with E-state index in [9.17, 15) is 5.11 Å². The first-order chi connectivity index (χ1) is 10.3. The van der Waals surface area contributed by atoms with Crippen LogP contribution in [0, 0.1) is 5.92 Å². The number of aromatic nitrogens is 3. The summed E-state index contributed by atoms with van der Waals surface area (Å²) in [6.07, 6.45) is 6.31. The van der Waals surface area contributed by atoms with Gasteiger partial charge in [0.1, 0.15) is 12.2 Å². The van der Waals surface area contributed by atoms with Crippen LogP contribution in [0.15, 0.2) is 30.6 Å². The van der Waals surface area contributed by atoms with Crippen LogP contribution in [0.3, 0.4) is 0 Å². The quantitative estimate of drug-likeness (QED) is 0.879. The van der Waals surface area contributed by atoms with Gasteiger partial charge in [0, 0.05) is 13.0 Å². The first-order valence-corrected chi connectivity index (χ1v) is 7.92. The number of nitrogens with zero attached hydrogens (tertiary/aromatic N) is 3. The lowest BCUT2D eigenvalue weighted by Crippen LogP contribution is -2.18. The SMILES string of the molecule is CCCn1ncnc1CC1CCCc2ccccc2C1O. The number of rotatable bonds is 4. The van der Waals surface area contributed by atoms with Gasteiger partial charge in [-0.05, 0) is 42.7 Å². The van der Waals surface area contributed by atoms with Gasteiger partial charge in [-0.3, -0.25) is 4.68 Å². The van der Waals surface area contributed by atoms with E-state index >= 15 is 0 Å². The van der Waals surface area contributed by atoms with Crippen LogP contribution in [0.25, 0.3) is 0 Å². The van der Waals surface area contributed by atoms with E-state index in [2.05, 4.69) is 35.2 Å². The van der Waals surface area contributed by atoms with Crippen LogP contribution in [0.1, 0.15) is 49.2 Å². The molecular weight excluding hydrogens is 262 g/mol. The van der Waals surface area contributed by atoms with Crippen molar-refractivity contribution in [1.82, 2.24) is 14.8 Å². The highest BCUT2D eigenvalue weighted by molar-refractivity contribution is 5.30. The fourth-order valence-electron chi connectivity index (χ4n) is 3.31. The normalized spacial score (nSPS) is 21.8. The summed E-state index contributed by atoms with van der Waals surface area (Å²) in [6, 6.07) is 8.28. The van der Waals surface area contributed by atoms with Gasteiger partial charge >= 0.3 is 0 Å². The molecule has 1 aromatic carbocycles. The van der Waals surface area contributed by atoms with Crippen molar-refractivity contribution in [1.29, 1.82) is 0 Å². The first kappa shape index (κ1) is 14.3. The van der Waals surface area contributed by atoms with Gasteiger partial charge in [-0.25, -0.2) is 4.98 Å². The molecule has 0 amide bonds. The van der Waals surface area contributed by atoms with E-state index in [0.717, 1.165) is 50.0 Å². The van der Waals surface area contributed by atoms with E-state index in [0.29, 0.717) is 0 Å². The molecule has 3 rings (SSSR count). The molecular formula is C17H23N3O. The minimum atomic E-state index is -0.393. The minimum Gasteiger partial charge on any atom is -0.388 e. The Balaban J connectivity index is 1.81. The lowest BCUT2D eigenvalue weighted by Gasteiger charge is -2.21. The average molecular weight is 285 g/mol. The fourth-order valence-corrected chi connectivity index (χ4v) is 3.31. The van der Waals surface area contributed by atoms with Crippen LogP contribution in [0.5, 0.6) is 0 Å². The fraction of sp³-hybridized carbons (Fsp3) is 0.529. The van der Waals surface area contributed by atoms with Crippen LogP contribution in [-0.2, 0) is 19.4 Å². The van der Waals surface area contributed by atoms with Crippen LogP contribution in [-0.4, -0.2) is 19.9 Å². The van der Waals surface area contributed by atoms with Gasteiger partial charge in [0.25, 0.3) is 0 Å². The number of hydrogen-bond donors (Lipinski definition) is 1. The molecule has 112 valence electrons. The number of hydrogen-bond acceptors (Lipinski definition) is 3. The second-order valence-electron chi connectivity index (χ2n) is 5.90. The Labute approximate surface area is 125 Å². The molecule has 21 heavy (non-hydrogen) atoms. The van der Waals surface area contributed by atoms with Crippen molar-refractivity contribution in [3.05, 3.63) is 47.5 Å². The van der Waals surface area contributed by atoms with Gasteiger partial charge < -0.3 is 5.11 Å². The predicted molar refractivity (Wildman–Crippen MR) is 81.8 cm³/mol. The monoisotopic (exact) mass is 285 g/mol. The molecule has 0 saturated heterocycles. The number of aliphatic hydroxyl groups is 1. The molecule has 4 heteroatoms. The second kappa shape index (κ2) is 6.39. The summed E-state index contributed by atoms with van der Waals surface area (Å²) in [5, 5.41) is 15.1. The summed E-state index contributed by atoms with van der Waals surface area (Å²) < 4.78 is 1.98. The first-order valence-electron chi connectivity index (χ1n) is 7.92. The number of aryl methyl sites for hydroxylation is 2. The van der Waals surface area contributed by atoms with Crippen molar-refractivity contribution >= 4 is 0 Å². The lowest BCUT2D eigenvalue weighted by molar-refractivity contribution is 0.103. The molecule has 0 aliphatic heterocycles. The van der Waals surface area contributed by atoms with Gasteiger partial charge in [-0.15, -0.1) is 0 Å². The molecule has 1 aromatic heterocycles. The smallest absolute Gasteiger partial charge is 0.138 e. The van der Waals surface area contributed by atoms with E-state index in [-0.39, 0.29) is 5.92 Å². The minimum absolute atomic E-state index is 0.230. The Morgan fingerprint density at radius 3 is 3.05 bits per heavy atom. The summed E-state index contributed by atoms with van der Waals surface area (Å²) in [6.45, 7) is 3.04.